The van der Waals surface area contributed by atoms with Crippen molar-refractivity contribution in [1.29, 1.82) is 0 Å². The Morgan fingerprint density at radius 3 is 2.93 bits per heavy atom. The van der Waals surface area contributed by atoms with Crippen LogP contribution in [0, 0.1) is 0 Å². The summed E-state index contributed by atoms with van der Waals surface area (Å²) in [4.78, 5) is 3.27. The van der Waals surface area contributed by atoms with Crippen LogP contribution in [0.15, 0.2) is 35.3 Å². The van der Waals surface area contributed by atoms with Crippen molar-refractivity contribution in [2.75, 3.05) is 6.54 Å². The minimum atomic E-state index is 0.480. The molecule has 0 aliphatic rings. The van der Waals surface area contributed by atoms with Gasteiger partial charge in [0.15, 0.2) is 0 Å². The highest BCUT2D eigenvalue weighted by atomic mass is 79.9. The zero-order valence-corrected chi connectivity index (χ0v) is 9.26. The van der Waals surface area contributed by atoms with E-state index < -0.39 is 0 Å². The molecule has 0 bridgehead atoms. The molecule has 1 aromatic carbocycles. The van der Waals surface area contributed by atoms with E-state index >= 15 is 0 Å². The molecular formula is C11H11BrN2. The van der Waals surface area contributed by atoms with Gasteiger partial charge in [0.25, 0.3) is 0 Å². The van der Waals surface area contributed by atoms with Crippen LogP contribution in [0.1, 0.15) is 5.69 Å². The molecule has 2 aromatic rings. The lowest BCUT2D eigenvalue weighted by molar-refractivity contribution is 1.24. The molecule has 0 amide bonds. The van der Waals surface area contributed by atoms with Crippen molar-refractivity contribution < 1.29 is 0 Å². The maximum atomic E-state index is 5.53. The van der Waals surface area contributed by atoms with Crippen LogP contribution in [0.2, 0.25) is 0 Å². The molecule has 14 heavy (non-hydrogen) atoms. The quantitative estimate of drug-likeness (QED) is 0.846. The molecule has 0 fully saturated rings. The average Bonchev–Trinajstić information content (AvgIpc) is 2.59. The standard InChI is InChI=1S/C11H11BrN2/c1-7(6-13)11-5-8-4-9(12)2-3-10(8)14-11/h2-5,14H,1,6,13H2. The fourth-order valence-corrected chi connectivity index (χ4v) is 1.78. The van der Waals surface area contributed by atoms with Gasteiger partial charge in [-0.25, -0.2) is 0 Å². The molecule has 2 nitrogen and oxygen atoms in total. The molecule has 0 atom stereocenters. The lowest BCUT2D eigenvalue weighted by Crippen LogP contribution is -2.00. The Bertz CT molecular complexity index is 485. The summed E-state index contributed by atoms with van der Waals surface area (Å²) >= 11 is 3.43. The van der Waals surface area contributed by atoms with Gasteiger partial charge in [-0.3, -0.25) is 0 Å². The maximum Gasteiger partial charge on any atom is 0.0459 e. The lowest BCUT2D eigenvalue weighted by Gasteiger charge is -1.95. The summed E-state index contributed by atoms with van der Waals surface area (Å²) in [5, 5.41) is 1.17. The van der Waals surface area contributed by atoms with Crippen LogP contribution in [-0.2, 0) is 0 Å². The average molecular weight is 251 g/mol. The molecule has 3 heteroatoms. The van der Waals surface area contributed by atoms with E-state index in [1.165, 1.54) is 5.39 Å². The van der Waals surface area contributed by atoms with Crippen LogP contribution in [0.3, 0.4) is 0 Å². The number of benzene rings is 1. The second-order valence-corrected chi connectivity index (χ2v) is 4.14. The SMILES string of the molecule is C=C(CN)c1cc2cc(Br)ccc2[nH]1. The number of rotatable bonds is 2. The Morgan fingerprint density at radius 1 is 1.43 bits per heavy atom. The Balaban J connectivity index is 2.56. The van der Waals surface area contributed by atoms with Gasteiger partial charge >= 0.3 is 0 Å². The second kappa shape index (κ2) is 3.59. The first-order valence-corrected chi connectivity index (χ1v) is 5.16. The number of fused-ring (bicyclic) bond motifs is 1. The predicted molar refractivity (Wildman–Crippen MR) is 64.1 cm³/mol. The number of nitrogens with one attached hydrogen (secondary N) is 1. The molecule has 72 valence electrons. The van der Waals surface area contributed by atoms with Crippen LogP contribution in [-0.4, -0.2) is 11.5 Å². The summed E-state index contributed by atoms with van der Waals surface area (Å²) < 4.78 is 1.08. The van der Waals surface area contributed by atoms with E-state index in [9.17, 15) is 0 Å². The third kappa shape index (κ3) is 1.61. The van der Waals surface area contributed by atoms with E-state index in [0.29, 0.717) is 6.54 Å². The number of H-pyrrole nitrogens is 1. The first-order valence-electron chi connectivity index (χ1n) is 4.37. The van der Waals surface area contributed by atoms with E-state index in [4.69, 9.17) is 5.73 Å². The van der Waals surface area contributed by atoms with Gasteiger partial charge < -0.3 is 10.7 Å². The van der Waals surface area contributed by atoms with Crippen molar-refractivity contribution in [3.05, 3.63) is 41.0 Å². The zero-order chi connectivity index (χ0) is 10.1. The minimum Gasteiger partial charge on any atom is -0.355 e. The van der Waals surface area contributed by atoms with Gasteiger partial charge in [-0.2, -0.15) is 0 Å². The van der Waals surface area contributed by atoms with Crippen molar-refractivity contribution in [3.63, 3.8) is 0 Å². The largest absolute Gasteiger partial charge is 0.355 e. The Kier molecular flexibility index (Phi) is 2.44. The van der Waals surface area contributed by atoms with Crippen LogP contribution in [0.25, 0.3) is 16.5 Å². The summed E-state index contributed by atoms with van der Waals surface area (Å²) in [6.45, 7) is 4.37. The Morgan fingerprint density at radius 2 is 2.21 bits per heavy atom. The monoisotopic (exact) mass is 250 g/mol. The van der Waals surface area contributed by atoms with Gasteiger partial charge in [-0.15, -0.1) is 0 Å². The number of hydrogen-bond donors (Lipinski definition) is 2. The van der Waals surface area contributed by atoms with Gasteiger partial charge in [0.05, 0.1) is 0 Å². The van der Waals surface area contributed by atoms with Crippen molar-refractivity contribution in [2.45, 2.75) is 0 Å². The summed E-state index contributed by atoms with van der Waals surface area (Å²) in [7, 11) is 0. The topological polar surface area (TPSA) is 41.8 Å². The first-order chi connectivity index (χ1) is 6.70. The van der Waals surface area contributed by atoms with Gasteiger partial charge in [-0.05, 0) is 29.8 Å². The summed E-state index contributed by atoms with van der Waals surface area (Å²) in [5.41, 5.74) is 8.58. The first kappa shape index (κ1) is 9.49. The molecule has 0 saturated heterocycles. The molecule has 0 radical (unpaired) electrons. The normalized spacial score (nSPS) is 10.7. The fraction of sp³-hybridized carbons (Fsp3) is 0.0909. The van der Waals surface area contributed by atoms with E-state index in [1.807, 2.05) is 12.1 Å². The summed E-state index contributed by atoms with van der Waals surface area (Å²) in [6, 6.07) is 8.18. The summed E-state index contributed by atoms with van der Waals surface area (Å²) in [6.07, 6.45) is 0. The zero-order valence-electron chi connectivity index (χ0n) is 7.68. The van der Waals surface area contributed by atoms with Gasteiger partial charge in [-0.1, -0.05) is 22.5 Å². The molecule has 0 aliphatic heterocycles. The van der Waals surface area contributed by atoms with Gasteiger partial charge in [0.1, 0.15) is 0 Å². The van der Waals surface area contributed by atoms with Gasteiger partial charge in [0.2, 0.25) is 0 Å². The predicted octanol–water partition coefficient (Wildman–Crippen LogP) is 2.90. The van der Waals surface area contributed by atoms with Crippen LogP contribution in [0.4, 0.5) is 0 Å². The molecule has 0 spiro atoms. The van der Waals surface area contributed by atoms with E-state index in [0.717, 1.165) is 21.3 Å². The minimum absolute atomic E-state index is 0.480. The lowest BCUT2D eigenvalue weighted by atomic mass is 10.2. The van der Waals surface area contributed by atoms with E-state index in [1.54, 1.807) is 0 Å². The van der Waals surface area contributed by atoms with Crippen molar-refractivity contribution in [1.82, 2.24) is 4.98 Å². The third-order valence-electron chi connectivity index (χ3n) is 2.21. The van der Waals surface area contributed by atoms with Crippen LogP contribution >= 0.6 is 15.9 Å². The van der Waals surface area contributed by atoms with E-state index in [-0.39, 0.29) is 0 Å². The molecule has 0 unspecified atom stereocenters. The number of aromatic nitrogens is 1. The number of nitrogens with two attached hydrogens (primary N) is 1. The van der Waals surface area contributed by atoms with Crippen molar-refractivity contribution in [2.24, 2.45) is 5.73 Å². The van der Waals surface area contributed by atoms with E-state index in [2.05, 4.69) is 39.6 Å². The van der Waals surface area contributed by atoms with Crippen molar-refractivity contribution in [3.8, 4) is 0 Å². The molecule has 0 aliphatic carbocycles. The Labute approximate surface area is 90.9 Å². The number of hydrogen-bond acceptors (Lipinski definition) is 1. The molecule has 2 rings (SSSR count). The van der Waals surface area contributed by atoms with Crippen molar-refractivity contribution >= 4 is 32.4 Å². The highest BCUT2D eigenvalue weighted by Crippen LogP contribution is 2.22. The second-order valence-electron chi connectivity index (χ2n) is 3.22. The highest BCUT2D eigenvalue weighted by Gasteiger charge is 2.02. The smallest absolute Gasteiger partial charge is 0.0459 e. The number of halogens is 1. The molecule has 1 aromatic heterocycles. The van der Waals surface area contributed by atoms with Crippen LogP contribution in [0.5, 0.6) is 0 Å². The number of aromatic amines is 1. The summed E-state index contributed by atoms with van der Waals surface area (Å²) in [5.74, 6) is 0. The van der Waals surface area contributed by atoms with Crippen LogP contribution < -0.4 is 5.73 Å². The third-order valence-corrected chi connectivity index (χ3v) is 2.70. The molecule has 3 N–H and O–H groups in total. The maximum absolute atomic E-state index is 5.53. The molecule has 0 saturated carbocycles. The molecular weight excluding hydrogens is 240 g/mol. The Hall–Kier alpha value is -1.06. The molecule has 1 heterocycles. The fourth-order valence-electron chi connectivity index (χ4n) is 1.40. The highest BCUT2D eigenvalue weighted by molar-refractivity contribution is 9.10. The van der Waals surface area contributed by atoms with Gasteiger partial charge in [0, 0.05) is 27.6 Å².